The minimum atomic E-state index is -0.390. The summed E-state index contributed by atoms with van der Waals surface area (Å²) in [4.78, 5) is 12.0. The molecule has 0 aromatic rings. The molecule has 4 atom stereocenters. The van der Waals surface area contributed by atoms with Crippen molar-refractivity contribution in [2.24, 2.45) is 23.5 Å². The SMILES string of the molecule is CC(C)(C)OC(=O)C1C2CCC(C2)C1N. The Morgan fingerprint density at radius 2 is 1.87 bits per heavy atom. The van der Waals surface area contributed by atoms with E-state index in [2.05, 4.69) is 0 Å². The van der Waals surface area contributed by atoms with Crippen LogP contribution < -0.4 is 5.73 Å². The summed E-state index contributed by atoms with van der Waals surface area (Å²) in [5.74, 6) is 0.928. The summed E-state index contributed by atoms with van der Waals surface area (Å²) < 4.78 is 5.43. The first-order valence-electron chi connectivity index (χ1n) is 5.87. The zero-order valence-electron chi connectivity index (χ0n) is 9.82. The highest BCUT2D eigenvalue weighted by Crippen LogP contribution is 2.48. The lowest BCUT2D eigenvalue weighted by Crippen LogP contribution is -2.43. The van der Waals surface area contributed by atoms with E-state index in [0.717, 1.165) is 12.8 Å². The zero-order chi connectivity index (χ0) is 11.2. The van der Waals surface area contributed by atoms with Crippen molar-refractivity contribution in [1.29, 1.82) is 0 Å². The molecule has 86 valence electrons. The van der Waals surface area contributed by atoms with E-state index in [-0.39, 0.29) is 17.9 Å². The average molecular weight is 211 g/mol. The van der Waals surface area contributed by atoms with E-state index >= 15 is 0 Å². The van der Waals surface area contributed by atoms with Gasteiger partial charge in [-0.2, -0.15) is 0 Å². The molecule has 0 radical (unpaired) electrons. The van der Waals surface area contributed by atoms with Crippen molar-refractivity contribution >= 4 is 5.97 Å². The van der Waals surface area contributed by atoms with Gasteiger partial charge in [-0.05, 0) is 51.9 Å². The van der Waals surface area contributed by atoms with Gasteiger partial charge >= 0.3 is 5.97 Å². The topological polar surface area (TPSA) is 52.3 Å². The Balaban J connectivity index is 2.02. The fourth-order valence-electron chi connectivity index (χ4n) is 3.06. The average Bonchev–Trinajstić information content (AvgIpc) is 2.59. The third-order valence-electron chi connectivity index (χ3n) is 3.66. The van der Waals surface area contributed by atoms with Crippen LogP contribution in [-0.4, -0.2) is 17.6 Å². The van der Waals surface area contributed by atoms with E-state index in [4.69, 9.17) is 10.5 Å². The van der Waals surface area contributed by atoms with E-state index in [0.29, 0.717) is 11.8 Å². The molecule has 0 spiro atoms. The van der Waals surface area contributed by atoms with E-state index in [1.54, 1.807) is 0 Å². The summed E-state index contributed by atoms with van der Waals surface area (Å²) >= 11 is 0. The molecular weight excluding hydrogens is 190 g/mol. The van der Waals surface area contributed by atoms with E-state index < -0.39 is 5.60 Å². The Labute approximate surface area is 91.4 Å². The van der Waals surface area contributed by atoms with Crippen LogP contribution in [0.4, 0.5) is 0 Å². The number of esters is 1. The molecule has 0 aromatic heterocycles. The number of carbonyl (C=O) groups excluding carboxylic acids is 1. The van der Waals surface area contributed by atoms with Crippen LogP contribution in [0.15, 0.2) is 0 Å². The largest absolute Gasteiger partial charge is 0.460 e. The first-order chi connectivity index (χ1) is 6.88. The number of hydrogen-bond donors (Lipinski definition) is 1. The summed E-state index contributed by atoms with van der Waals surface area (Å²) in [5.41, 5.74) is 5.69. The van der Waals surface area contributed by atoms with Gasteiger partial charge in [0.25, 0.3) is 0 Å². The van der Waals surface area contributed by atoms with Crippen LogP contribution in [0, 0.1) is 17.8 Å². The zero-order valence-corrected chi connectivity index (χ0v) is 9.82. The molecule has 4 unspecified atom stereocenters. The minimum absolute atomic E-state index is 0.0389. The molecule has 2 fully saturated rings. The number of rotatable bonds is 1. The molecule has 15 heavy (non-hydrogen) atoms. The number of fused-ring (bicyclic) bond motifs is 2. The molecule has 3 nitrogen and oxygen atoms in total. The molecule has 0 aliphatic heterocycles. The summed E-state index contributed by atoms with van der Waals surface area (Å²) in [5, 5.41) is 0. The molecule has 2 N–H and O–H groups in total. The number of hydrogen-bond acceptors (Lipinski definition) is 3. The third kappa shape index (κ3) is 2.03. The van der Waals surface area contributed by atoms with Gasteiger partial charge in [-0.3, -0.25) is 4.79 Å². The molecule has 2 aliphatic rings. The molecular formula is C12H21NO2. The van der Waals surface area contributed by atoms with Gasteiger partial charge in [0.05, 0.1) is 5.92 Å². The highest BCUT2D eigenvalue weighted by atomic mass is 16.6. The molecule has 2 aliphatic carbocycles. The van der Waals surface area contributed by atoms with Crippen LogP contribution in [0.25, 0.3) is 0 Å². The van der Waals surface area contributed by atoms with Crippen LogP contribution >= 0.6 is 0 Å². The minimum Gasteiger partial charge on any atom is -0.460 e. The highest BCUT2D eigenvalue weighted by Gasteiger charge is 2.50. The van der Waals surface area contributed by atoms with Crippen LogP contribution in [0.2, 0.25) is 0 Å². The molecule has 2 bridgehead atoms. The number of nitrogens with two attached hydrogens (primary N) is 1. The van der Waals surface area contributed by atoms with Crippen molar-refractivity contribution in [3.8, 4) is 0 Å². The van der Waals surface area contributed by atoms with E-state index in [1.165, 1.54) is 6.42 Å². The van der Waals surface area contributed by atoms with Crippen LogP contribution in [0.5, 0.6) is 0 Å². The maximum Gasteiger partial charge on any atom is 0.311 e. The van der Waals surface area contributed by atoms with Crippen molar-refractivity contribution in [2.45, 2.75) is 51.7 Å². The molecule has 3 heteroatoms. The quantitative estimate of drug-likeness (QED) is 0.672. The molecule has 0 aromatic carbocycles. The fourth-order valence-corrected chi connectivity index (χ4v) is 3.06. The van der Waals surface area contributed by atoms with E-state index in [9.17, 15) is 4.79 Å². The molecule has 0 amide bonds. The van der Waals surface area contributed by atoms with Gasteiger partial charge in [0.2, 0.25) is 0 Å². The van der Waals surface area contributed by atoms with Gasteiger partial charge in [-0.15, -0.1) is 0 Å². The van der Waals surface area contributed by atoms with Gasteiger partial charge in [0.15, 0.2) is 0 Å². The standard InChI is InChI=1S/C12H21NO2/c1-12(2,3)15-11(14)9-7-4-5-8(6-7)10(9)13/h7-10H,4-6,13H2,1-3H3. The van der Waals surface area contributed by atoms with Crippen molar-refractivity contribution in [3.63, 3.8) is 0 Å². The van der Waals surface area contributed by atoms with Crippen LogP contribution in [0.1, 0.15) is 40.0 Å². The summed E-state index contributed by atoms with van der Waals surface area (Å²) in [6, 6.07) is 0.0404. The fraction of sp³-hybridized carbons (Fsp3) is 0.917. The van der Waals surface area contributed by atoms with Crippen molar-refractivity contribution in [2.75, 3.05) is 0 Å². The smallest absolute Gasteiger partial charge is 0.311 e. The lowest BCUT2D eigenvalue weighted by Gasteiger charge is -2.29. The lowest BCUT2D eigenvalue weighted by molar-refractivity contribution is -0.162. The molecule has 2 saturated carbocycles. The Kier molecular flexibility index (Phi) is 2.53. The lowest BCUT2D eigenvalue weighted by atomic mass is 9.85. The van der Waals surface area contributed by atoms with E-state index in [1.807, 2.05) is 20.8 Å². The predicted octanol–water partition coefficient (Wildman–Crippen LogP) is 1.70. The number of carbonyl (C=O) groups is 1. The Morgan fingerprint density at radius 1 is 1.27 bits per heavy atom. The second-order valence-electron chi connectivity index (χ2n) is 5.97. The van der Waals surface area contributed by atoms with Gasteiger partial charge in [0, 0.05) is 6.04 Å². The number of ether oxygens (including phenoxy) is 1. The van der Waals surface area contributed by atoms with Gasteiger partial charge < -0.3 is 10.5 Å². The summed E-state index contributed by atoms with van der Waals surface area (Å²) in [7, 11) is 0. The van der Waals surface area contributed by atoms with Crippen LogP contribution in [-0.2, 0) is 9.53 Å². The van der Waals surface area contributed by atoms with Gasteiger partial charge in [-0.1, -0.05) is 0 Å². The first kappa shape index (κ1) is 10.9. The first-order valence-corrected chi connectivity index (χ1v) is 5.87. The Morgan fingerprint density at radius 3 is 2.33 bits per heavy atom. The molecule has 0 heterocycles. The second kappa shape index (κ2) is 3.48. The maximum absolute atomic E-state index is 12.0. The van der Waals surface area contributed by atoms with Crippen molar-refractivity contribution < 1.29 is 9.53 Å². The summed E-state index contributed by atoms with van der Waals surface area (Å²) in [6.07, 6.45) is 3.48. The Bertz CT molecular complexity index is 267. The molecule has 0 saturated heterocycles. The third-order valence-corrected chi connectivity index (χ3v) is 3.66. The van der Waals surface area contributed by atoms with Crippen molar-refractivity contribution in [3.05, 3.63) is 0 Å². The Hall–Kier alpha value is -0.570. The van der Waals surface area contributed by atoms with Gasteiger partial charge in [-0.25, -0.2) is 0 Å². The van der Waals surface area contributed by atoms with Crippen molar-refractivity contribution in [1.82, 2.24) is 0 Å². The predicted molar refractivity (Wildman–Crippen MR) is 58.1 cm³/mol. The highest BCUT2D eigenvalue weighted by molar-refractivity contribution is 5.75. The second-order valence-corrected chi connectivity index (χ2v) is 5.97. The maximum atomic E-state index is 12.0. The summed E-state index contributed by atoms with van der Waals surface area (Å²) in [6.45, 7) is 5.72. The molecule has 2 rings (SSSR count). The monoisotopic (exact) mass is 211 g/mol. The van der Waals surface area contributed by atoms with Gasteiger partial charge in [0.1, 0.15) is 5.60 Å². The normalized spacial score (nSPS) is 39.5. The van der Waals surface area contributed by atoms with Crippen LogP contribution in [0.3, 0.4) is 0 Å².